The summed E-state index contributed by atoms with van der Waals surface area (Å²) in [4.78, 5) is 3.61. The molecule has 1 aromatic rings. The van der Waals surface area contributed by atoms with Crippen molar-refractivity contribution in [3.8, 4) is 0 Å². The number of hydrogen-bond acceptors (Lipinski definition) is 4. The number of hydrogen-bond donors (Lipinski definition) is 2. The van der Waals surface area contributed by atoms with E-state index in [1.807, 2.05) is 0 Å². The van der Waals surface area contributed by atoms with Crippen molar-refractivity contribution in [1.82, 2.24) is 0 Å². The van der Waals surface area contributed by atoms with E-state index < -0.39 is 29.8 Å². The van der Waals surface area contributed by atoms with E-state index in [-0.39, 0.29) is 11.3 Å². The second-order valence-electron chi connectivity index (χ2n) is 4.84. The molecule has 1 aromatic carbocycles. The maximum Gasteiger partial charge on any atom is 0.418 e. The molecule has 0 spiro atoms. The lowest BCUT2D eigenvalue weighted by molar-refractivity contribution is -0.200. The van der Waals surface area contributed by atoms with Gasteiger partial charge in [-0.1, -0.05) is 12.1 Å². The van der Waals surface area contributed by atoms with Gasteiger partial charge in [-0.25, -0.2) is 4.99 Å². The Hall–Kier alpha value is -1.92. The van der Waals surface area contributed by atoms with Gasteiger partial charge in [0.25, 0.3) is 6.02 Å². The Morgan fingerprint density at radius 2 is 2.05 bits per heavy atom. The molecule has 2 aliphatic rings. The van der Waals surface area contributed by atoms with Crippen LogP contribution in [-0.2, 0) is 10.3 Å². The van der Waals surface area contributed by atoms with Gasteiger partial charge in [-0.15, -0.1) is 0 Å². The molecular weight excluding hydrogens is 259 g/mol. The summed E-state index contributed by atoms with van der Waals surface area (Å²) in [5.74, 6) is -0.735. The fourth-order valence-corrected chi connectivity index (χ4v) is 2.67. The summed E-state index contributed by atoms with van der Waals surface area (Å²) in [6, 6.07) is 5.27. The van der Waals surface area contributed by atoms with Crippen LogP contribution in [0.25, 0.3) is 0 Å². The van der Waals surface area contributed by atoms with E-state index in [1.165, 1.54) is 24.3 Å². The Bertz CT molecular complexity index is 557. The number of amidine groups is 1. The smallest absolute Gasteiger partial charge is 0.418 e. The second kappa shape index (κ2) is 3.55. The van der Waals surface area contributed by atoms with Gasteiger partial charge in [0.05, 0.1) is 0 Å². The van der Waals surface area contributed by atoms with E-state index in [0.717, 1.165) is 0 Å². The Kier molecular flexibility index (Phi) is 2.27. The van der Waals surface area contributed by atoms with Crippen molar-refractivity contribution in [2.45, 2.75) is 24.2 Å². The maximum atomic E-state index is 13.6. The molecule has 4 N–H and O–H groups in total. The normalized spacial score (nSPS) is 33.1. The van der Waals surface area contributed by atoms with Crippen LogP contribution in [-0.4, -0.2) is 18.3 Å². The number of rotatable bonds is 1. The van der Waals surface area contributed by atoms with Crippen LogP contribution in [0.1, 0.15) is 12.0 Å². The number of aliphatic imine (C=N–C) groups is 1. The first-order chi connectivity index (χ1) is 8.84. The highest BCUT2D eigenvalue weighted by Gasteiger charge is 2.70. The van der Waals surface area contributed by atoms with Crippen molar-refractivity contribution in [2.24, 2.45) is 16.6 Å². The summed E-state index contributed by atoms with van der Waals surface area (Å²) in [5.41, 5.74) is 8.92. The highest BCUT2D eigenvalue weighted by molar-refractivity contribution is 5.74. The molecule has 1 aliphatic carbocycles. The number of halogens is 3. The van der Waals surface area contributed by atoms with Gasteiger partial charge in [0.1, 0.15) is 6.10 Å². The van der Waals surface area contributed by atoms with Crippen LogP contribution in [0.5, 0.6) is 0 Å². The lowest BCUT2D eigenvalue weighted by Crippen LogP contribution is -2.48. The number of anilines is 1. The summed E-state index contributed by atoms with van der Waals surface area (Å²) >= 11 is 0. The van der Waals surface area contributed by atoms with E-state index in [4.69, 9.17) is 16.2 Å². The lowest BCUT2D eigenvalue weighted by Gasteiger charge is -2.35. The van der Waals surface area contributed by atoms with E-state index in [9.17, 15) is 13.2 Å². The lowest BCUT2D eigenvalue weighted by atomic mass is 9.84. The zero-order chi connectivity index (χ0) is 13.8. The molecule has 0 bridgehead atoms. The third-order valence-electron chi connectivity index (χ3n) is 3.59. The highest BCUT2D eigenvalue weighted by Crippen LogP contribution is 2.59. The van der Waals surface area contributed by atoms with E-state index in [2.05, 4.69) is 4.99 Å². The molecule has 4 nitrogen and oxygen atoms in total. The second-order valence-corrected chi connectivity index (χ2v) is 4.84. The molecule has 7 heteroatoms. The van der Waals surface area contributed by atoms with Gasteiger partial charge >= 0.3 is 6.18 Å². The van der Waals surface area contributed by atoms with Crippen molar-refractivity contribution in [3.63, 3.8) is 0 Å². The van der Waals surface area contributed by atoms with Gasteiger partial charge in [-0.05, 0) is 24.1 Å². The minimum atomic E-state index is -4.55. The predicted molar refractivity (Wildman–Crippen MR) is 63.2 cm³/mol. The van der Waals surface area contributed by atoms with Crippen molar-refractivity contribution < 1.29 is 17.9 Å². The van der Waals surface area contributed by atoms with E-state index in [1.54, 1.807) is 0 Å². The third kappa shape index (κ3) is 1.64. The SMILES string of the molecule is NC1=N[C@@](c2cccc(N)c2)(C(F)(F)F)[C@H]2C[C@H]2O1. The van der Waals surface area contributed by atoms with Gasteiger partial charge < -0.3 is 16.2 Å². The number of nitrogen functional groups attached to an aromatic ring is 1. The molecule has 0 aromatic heterocycles. The minimum absolute atomic E-state index is 0.0127. The number of nitrogens with two attached hydrogens (primary N) is 2. The molecular formula is C12H12F3N3O. The summed E-state index contributed by atoms with van der Waals surface area (Å²) in [6.45, 7) is 0. The quantitative estimate of drug-likeness (QED) is 0.764. The molecule has 1 heterocycles. The molecule has 1 fully saturated rings. The zero-order valence-electron chi connectivity index (χ0n) is 9.82. The molecule has 0 saturated heterocycles. The number of benzene rings is 1. The Morgan fingerprint density at radius 1 is 1.32 bits per heavy atom. The highest BCUT2D eigenvalue weighted by atomic mass is 19.4. The first-order valence-corrected chi connectivity index (χ1v) is 5.79. The van der Waals surface area contributed by atoms with Crippen molar-refractivity contribution in [1.29, 1.82) is 0 Å². The molecule has 0 radical (unpaired) electrons. The van der Waals surface area contributed by atoms with Crippen molar-refractivity contribution in [2.75, 3.05) is 5.73 Å². The van der Waals surface area contributed by atoms with Crippen LogP contribution in [0.15, 0.2) is 29.3 Å². The van der Waals surface area contributed by atoms with Crippen LogP contribution in [0.4, 0.5) is 18.9 Å². The summed E-state index contributed by atoms with van der Waals surface area (Å²) in [7, 11) is 0. The molecule has 0 unspecified atom stereocenters. The van der Waals surface area contributed by atoms with Gasteiger partial charge in [0, 0.05) is 11.6 Å². The molecule has 3 atom stereocenters. The zero-order valence-corrected chi connectivity index (χ0v) is 9.82. The summed E-state index contributed by atoms with van der Waals surface area (Å²) < 4.78 is 45.9. The molecule has 0 amide bonds. The number of fused-ring (bicyclic) bond motifs is 1. The molecule has 19 heavy (non-hydrogen) atoms. The number of alkyl halides is 3. The predicted octanol–water partition coefficient (Wildman–Crippen LogP) is 1.76. The number of ether oxygens (including phenoxy) is 1. The fraction of sp³-hybridized carbons (Fsp3) is 0.417. The van der Waals surface area contributed by atoms with Gasteiger partial charge in [0.15, 0.2) is 5.54 Å². The molecule has 1 saturated carbocycles. The Labute approximate surface area is 107 Å². The van der Waals surface area contributed by atoms with Crippen LogP contribution in [0, 0.1) is 5.92 Å². The van der Waals surface area contributed by atoms with Crippen molar-refractivity contribution in [3.05, 3.63) is 29.8 Å². The third-order valence-corrected chi connectivity index (χ3v) is 3.59. The van der Waals surface area contributed by atoms with E-state index >= 15 is 0 Å². The average molecular weight is 271 g/mol. The topological polar surface area (TPSA) is 73.6 Å². The first-order valence-electron chi connectivity index (χ1n) is 5.79. The summed E-state index contributed by atoms with van der Waals surface area (Å²) in [6.07, 6.45) is -4.77. The summed E-state index contributed by atoms with van der Waals surface area (Å²) in [5, 5.41) is 0. The Balaban J connectivity index is 2.21. The molecule has 102 valence electrons. The van der Waals surface area contributed by atoms with Crippen molar-refractivity contribution >= 4 is 11.7 Å². The van der Waals surface area contributed by atoms with Gasteiger partial charge in [-0.2, -0.15) is 13.2 Å². The van der Waals surface area contributed by atoms with Crippen LogP contribution in [0.2, 0.25) is 0 Å². The van der Waals surface area contributed by atoms with Gasteiger partial charge in [-0.3, -0.25) is 0 Å². The molecule has 1 aliphatic heterocycles. The number of nitrogens with zero attached hydrogens (tertiary/aromatic N) is 1. The van der Waals surface area contributed by atoms with Crippen LogP contribution in [0.3, 0.4) is 0 Å². The fourth-order valence-electron chi connectivity index (χ4n) is 2.67. The van der Waals surface area contributed by atoms with E-state index in [0.29, 0.717) is 6.42 Å². The van der Waals surface area contributed by atoms with Crippen LogP contribution >= 0.6 is 0 Å². The Morgan fingerprint density at radius 3 is 2.68 bits per heavy atom. The minimum Gasteiger partial charge on any atom is -0.462 e. The maximum absolute atomic E-state index is 13.6. The average Bonchev–Trinajstić information content (AvgIpc) is 3.05. The monoisotopic (exact) mass is 271 g/mol. The first kappa shape index (κ1) is 12.1. The van der Waals surface area contributed by atoms with Crippen LogP contribution < -0.4 is 11.5 Å². The largest absolute Gasteiger partial charge is 0.462 e. The standard InChI is InChI=1S/C12H12F3N3O/c13-12(14,15)11(6-2-1-3-7(16)4-6)8-5-9(8)19-10(17)18-11/h1-4,8-9H,5,16H2,(H2,17,18)/t8-,9+,11+/m0/s1. The van der Waals surface area contributed by atoms with Gasteiger partial charge in [0.2, 0.25) is 0 Å². The molecule has 3 rings (SSSR count).